The van der Waals surface area contributed by atoms with E-state index in [2.05, 4.69) is 45.0 Å². The minimum Gasteiger partial charge on any atom is -0.407 e. The first kappa shape index (κ1) is 21.5. The van der Waals surface area contributed by atoms with E-state index in [0.29, 0.717) is 0 Å². The normalized spacial score (nSPS) is 16.8. The summed E-state index contributed by atoms with van der Waals surface area (Å²) in [7, 11) is -0.186. The molecule has 1 heterocycles. The zero-order valence-corrected chi connectivity index (χ0v) is 17.4. The number of rotatable bonds is 12. The van der Waals surface area contributed by atoms with E-state index < -0.39 is 0 Å². The summed E-state index contributed by atoms with van der Waals surface area (Å²) < 4.78 is 11.7. The largest absolute Gasteiger partial charge is 0.493 e. The fraction of sp³-hybridized carbons (Fsp3) is 0.739. The third-order valence-electron chi connectivity index (χ3n) is 5.32. The standard InChI is InChI=1S/C23H39BO2/c1-4-5-6-7-8-9-10-11-12-13-14-21-15-17-22(18-16-21)24-25-19-23(2,3)20-26-24/h15-18H,4-14,19-20H2,1-3H3. The Kier molecular flexibility index (Phi) is 9.78. The summed E-state index contributed by atoms with van der Waals surface area (Å²) in [4.78, 5) is 0. The molecule has 0 unspecified atom stereocenters. The van der Waals surface area contributed by atoms with Crippen LogP contribution in [0.15, 0.2) is 24.3 Å². The van der Waals surface area contributed by atoms with E-state index in [4.69, 9.17) is 9.31 Å². The second kappa shape index (κ2) is 11.8. The molecule has 0 aliphatic carbocycles. The summed E-state index contributed by atoms with van der Waals surface area (Å²) in [5.41, 5.74) is 2.71. The fourth-order valence-electron chi connectivity index (χ4n) is 3.54. The van der Waals surface area contributed by atoms with Gasteiger partial charge in [-0.2, -0.15) is 0 Å². The van der Waals surface area contributed by atoms with E-state index >= 15 is 0 Å². The number of benzene rings is 1. The highest BCUT2D eigenvalue weighted by Crippen LogP contribution is 2.21. The third-order valence-corrected chi connectivity index (χ3v) is 5.32. The lowest BCUT2D eigenvalue weighted by Crippen LogP contribution is -2.47. The lowest BCUT2D eigenvalue weighted by atomic mass is 9.75. The molecule has 2 rings (SSSR count). The van der Waals surface area contributed by atoms with Crippen molar-refractivity contribution < 1.29 is 9.31 Å². The second-order valence-corrected chi connectivity index (χ2v) is 8.79. The van der Waals surface area contributed by atoms with Crippen LogP contribution in [-0.2, 0) is 15.7 Å². The number of aryl methyl sites for hydroxylation is 1. The Balaban J connectivity index is 1.54. The molecule has 146 valence electrons. The molecule has 0 aromatic heterocycles. The van der Waals surface area contributed by atoms with E-state index in [9.17, 15) is 0 Å². The van der Waals surface area contributed by atoms with Crippen LogP contribution in [0.1, 0.15) is 90.5 Å². The summed E-state index contributed by atoms with van der Waals surface area (Å²) in [6.45, 7) is 8.17. The van der Waals surface area contributed by atoms with Crippen molar-refractivity contribution in [3.05, 3.63) is 29.8 Å². The van der Waals surface area contributed by atoms with Gasteiger partial charge in [0.1, 0.15) is 0 Å². The van der Waals surface area contributed by atoms with Crippen molar-refractivity contribution in [1.82, 2.24) is 0 Å². The monoisotopic (exact) mass is 358 g/mol. The lowest BCUT2D eigenvalue weighted by molar-refractivity contribution is 0.0343. The van der Waals surface area contributed by atoms with Gasteiger partial charge in [-0.3, -0.25) is 0 Å². The highest BCUT2D eigenvalue weighted by atomic mass is 16.6. The Bertz CT molecular complexity index is 473. The number of hydrogen-bond donors (Lipinski definition) is 0. The first-order valence-electron chi connectivity index (χ1n) is 10.9. The smallest absolute Gasteiger partial charge is 0.407 e. The van der Waals surface area contributed by atoms with Gasteiger partial charge in [0.25, 0.3) is 0 Å². The van der Waals surface area contributed by atoms with Crippen molar-refractivity contribution >= 4 is 12.6 Å². The molecular formula is C23H39BO2. The van der Waals surface area contributed by atoms with Crippen molar-refractivity contribution in [1.29, 1.82) is 0 Å². The molecule has 1 aromatic rings. The topological polar surface area (TPSA) is 18.5 Å². The van der Waals surface area contributed by atoms with Gasteiger partial charge in [-0.1, -0.05) is 103 Å². The molecule has 0 amide bonds. The molecule has 3 heteroatoms. The maximum atomic E-state index is 5.86. The second-order valence-electron chi connectivity index (χ2n) is 8.79. The van der Waals surface area contributed by atoms with Crippen molar-refractivity contribution in [2.45, 2.75) is 91.4 Å². The minimum absolute atomic E-state index is 0.131. The average Bonchev–Trinajstić information content (AvgIpc) is 2.64. The lowest BCUT2D eigenvalue weighted by Gasteiger charge is -2.33. The SMILES string of the molecule is CCCCCCCCCCCCc1ccc(B2OCC(C)(C)CO2)cc1. The maximum Gasteiger partial charge on any atom is 0.493 e. The van der Waals surface area contributed by atoms with Gasteiger partial charge in [-0.25, -0.2) is 0 Å². The summed E-state index contributed by atoms with van der Waals surface area (Å²) >= 11 is 0. The predicted octanol–water partition coefficient (Wildman–Crippen LogP) is 5.92. The Labute approximate surface area is 162 Å². The maximum absolute atomic E-state index is 5.86. The van der Waals surface area contributed by atoms with Crippen molar-refractivity contribution in [2.75, 3.05) is 13.2 Å². The van der Waals surface area contributed by atoms with Gasteiger partial charge in [0.05, 0.1) is 0 Å². The van der Waals surface area contributed by atoms with Crippen LogP contribution in [0.5, 0.6) is 0 Å². The zero-order chi connectivity index (χ0) is 18.7. The molecule has 0 atom stereocenters. The van der Waals surface area contributed by atoms with Crippen LogP contribution < -0.4 is 5.46 Å². The Morgan fingerprint density at radius 1 is 0.769 bits per heavy atom. The molecule has 26 heavy (non-hydrogen) atoms. The molecule has 1 aliphatic rings. The first-order chi connectivity index (χ1) is 12.6. The van der Waals surface area contributed by atoms with E-state index in [1.54, 1.807) is 0 Å². The molecule has 0 radical (unpaired) electrons. The summed E-state index contributed by atoms with van der Waals surface area (Å²) in [6, 6.07) is 8.84. The molecule has 0 bridgehead atoms. The van der Waals surface area contributed by atoms with Gasteiger partial charge in [0, 0.05) is 18.6 Å². The van der Waals surface area contributed by atoms with Crippen molar-refractivity contribution in [3.8, 4) is 0 Å². The molecule has 1 aromatic carbocycles. The van der Waals surface area contributed by atoms with E-state index in [0.717, 1.165) is 18.7 Å². The Morgan fingerprint density at radius 2 is 1.27 bits per heavy atom. The van der Waals surface area contributed by atoms with Gasteiger partial charge in [0.2, 0.25) is 0 Å². The van der Waals surface area contributed by atoms with E-state index in [-0.39, 0.29) is 12.5 Å². The zero-order valence-electron chi connectivity index (χ0n) is 17.4. The molecule has 2 nitrogen and oxygen atoms in total. The van der Waals surface area contributed by atoms with Crippen molar-refractivity contribution in [3.63, 3.8) is 0 Å². The average molecular weight is 358 g/mol. The molecule has 1 fully saturated rings. The Hall–Kier alpha value is -0.795. The highest BCUT2D eigenvalue weighted by Gasteiger charge is 2.33. The predicted molar refractivity (Wildman–Crippen MR) is 113 cm³/mol. The van der Waals surface area contributed by atoms with Gasteiger partial charge in [-0.15, -0.1) is 0 Å². The van der Waals surface area contributed by atoms with Gasteiger partial charge in [-0.05, 0) is 23.9 Å². The molecule has 1 aliphatic heterocycles. The van der Waals surface area contributed by atoms with Crippen LogP contribution in [0.25, 0.3) is 0 Å². The quantitative estimate of drug-likeness (QED) is 0.341. The number of hydrogen-bond acceptors (Lipinski definition) is 2. The molecule has 0 N–H and O–H groups in total. The van der Waals surface area contributed by atoms with Crippen LogP contribution >= 0.6 is 0 Å². The van der Waals surface area contributed by atoms with E-state index in [1.807, 2.05) is 0 Å². The molecular weight excluding hydrogens is 319 g/mol. The fourth-order valence-corrected chi connectivity index (χ4v) is 3.54. The van der Waals surface area contributed by atoms with Crippen LogP contribution in [0.4, 0.5) is 0 Å². The minimum atomic E-state index is -0.186. The van der Waals surface area contributed by atoms with Crippen LogP contribution in [0.3, 0.4) is 0 Å². The third kappa shape index (κ3) is 8.27. The highest BCUT2D eigenvalue weighted by molar-refractivity contribution is 6.61. The molecule has 0 saturated carbocycles. The van der Waals surface area contributed by atoms with Crippen LogP contribution in [0, 0.1) is 5.41 Å². The van der Waals surface area contributed by atoms with Crippen molar-refractivity contribution in [2.24, 2.45) is 5.41 Å². The van der Waals surface area contributed by atoms with Crippen LogP contribution in [0.2, 0.25) is 0 Å². The number of unbranched alkanes of at least 4 members (excludes halogenated alkanes) is 9. The molecule has 1 saturated heterocycles. The summed E-state index contributed by atoms with van der Waals surface area (Å²) in [5.74, 6) is 0. The first-order valence-corrected chi connectivity index (χ1v) is 10.9. The Morgan fingerprint density at radius 3 is 1.81 bits per heavy atom. The van der Waals surface area contributed by atoms with E-state index in [1.165, 1.54) is 76.2 Å². The van der Waals surface area contributed by atoms with Crippen LogP contribution in [-0.4, -0.2) is 20.3 Å². The summed E-state index contributed by atoms with van der Waals surface area (Å²) in [5, 5.41) is 0. The summed E-state index contributed by atoms with van der Waals surface area (Å²) in [6.07, 6.45) is 15.2. The van der Waals surface area contributed by atoms with Gasteiger partial charge >= 0.3 is 7.12 Å². The van der Waals surface area contributed by atoms with Gasteiger partial charge < -0.3 is 9.31 Å². The molecule has 0 spiro atoms. The van der Waals surface area contributed by atoms with Gasteiger partial charge in [0.15, 0.2) is 0 Å².